The van der Waals surface area contributed by atoms with E-state index in [1.165, 1.54) is 19.1 Å². The first-order chi connectivity index (χ1) is 14.2. The molecule has 2 aromatic rings. The number of piperazine rings is 1. The van der Waals surface area contributed by atoms with Crippen molar-refractivity contribution in [1.82, 2.24) is 15.1 Å². The summed E-state index contributed by atoms with van der Waals surface area (Å²) < 4.78 is 5.25. The van der Waals surface area contributed by atoms with E-state index in [0.29, 0.717) is 44.4 Å². The third kappa shape index (κ3) is 4.70. The zero-order valence-corrected chi connectivity index (χ0v) is 16.8. The molecule has 1 unspecified atom stereocenters. The highest BCUT2D eigenvalue weighted by molar-refractivity contribution is 5.91. The van der Waals surface area contributed by atoms with Gasteiger partial charge in [0, 0.05) is 32.7 Å². The Hall–Kier alpha value is -2.60. The van der Waals surface area contributed by atoms with Gasteiger partial charge in [-0.15, -0.1) is 0 Å². The molecule has 154 valence electrons. The maximum atomic E-state index is 13.2. The highest BCUT2D eigenvalue weighted by atomic mass is 16.3. The molecule has 2 aliphatic rings. The Morgan fingerprint density at radius 3 is 2.38 bits per heavy atom. The summed E-state index contributed by atoms with van der Waals surface area (Å²) >= 11 is 0. The van der Waals surface area contributed by atoms with Crippen LogP contribution in [0.3, 0.4) is 0 Å². The van der Waals surface area contributed by atoms with Crippen molar-refractivity contribution < 1.29 is 14.0 Å². The molecule has 1 aliphatic carbocycles. The lowest BCUT2D eigenvalue weighted by Crippen LogP contribution is -2.57. The average Bonchev–Trinajstić information content (AvgIpc) is 3.48. The van der Waals surface area contributed by atoms with E-state index in [1.807, 2.05) is 35.2 Å². The Labute approximate surface area is 171 Å². The van der Waals surface area contributed by atoms with Crippen LogP contribution in [0.1, 0.15) is 41.8 Å². The molecule has 29 heavy (non-hydrogen) atoms. The fourth-order valence-electron chi connectivity index (χ4n) is 4.60. The third-order valence-electron chi connectivity index (χ3n) is 6.15. The van der Waals surface area contributed by atoms with Crippen molar-refractivity contribution in [3.8, 4) is 0 Å². The van der Waals surface area contributed by atoms with E-state index in [4.69, 9.17) is 4.42 Å². The number of nitrogens with zero attached hydrogens (tertiary/aromatic N) is 2. The van der Waals surface area contributed by atoms with Crippen LogP contribution < -0.4 is 5.32 Å². The number of hydrogen-bond acceptors (Lipinski definition) is 4. The van der Waals surface area contributed by atoms with Crippen LogP contribution in [0.25, 0.3) is 0 Å². The standard InChI is InChI=1S/C23H29N3O3/c27-22(24-17-18-7-2-1-3-8-18)21(19-9-4-5-10-19)25-12-14-26(15-13-25)23(28)20-11-6-16-29-20/h1-3,6-8,11,16,19,21H,4-5,9-10,12-15,17H2,(H,24,27). The van der Waals surface area contributed by atoms with Gasteiger partial charge in [-0.05, 0) is 36.5 Å². The monoisotopic (exact) mass is 395 g/mol. The molecule has 2 amide bonds. The lowest BCUT2D eigenvalue weighted by molar-refractivity contribution is -0.129. The minimum absolute atomic E-state index is 0.0689. The summed E-state index contributed by atoms with van der Waals surface area (Å²) in [5, 5.41) is 3.15. The van der Waals surface area contributed by atoms with Gasteiger partial charge in [0.05, 0.1) is 12.3 Å². The second kappa shape index (κ2) is 9.27. The van der Waals surface area contributed by atoms with E-state index >= 15 is 0 Å². The second-order valence-electron chi connectivity index (χ2n) is 8.00. The molecule has 0 bridgehead atoms. The minimum Gasteiger partial charge on any atom is -0.459 e. The maximum absolute atomic E-state index is 13.2. The van der Waals surface area contributed by atoms with E-state index in [0.717, 1.165) is 18.4 Å². The number of furan rings is 1. The van der Waals surface area contributed by atoms with E-state index in [1.54, 1.807) is 12.1 Å². The van der Waals surface area contributed by atoms with Gasteiger partial charge in [-0.2, -0.15) is 0 Å². The number of rotatable bonds is 6. The largest absolute Gasteiger partial charge is 0.459 e. The van der Waals surface area contributed by atoms with Crippen molar-refractivity contribution in [2.45, 2.75) is 38.3 Å². The first-order valence-electron chi connectivity index (χ1n) is 10.6. The predicted octanol–water partition coefficient (Wildman–Crippen LogP) is 2.91. The molecule has 1 N–H and O–H groups in total. The topological polar surface area (TPSA) is 65.8 Å². The lowest BCUT2D eigenvalue weighted by Gasteiger charge is -2.40. The summed E-state index contributed by atoms with van der Waals surface area (Å²) in [7, 11) is 0. The highest BCUT2D eigenvalue weighted by Gasteiger charge is 2.37. The van der Waals surface area contributed by atoms with Crippen molar-refractivity contribution in [3.63, 3.8) is 0 Å². The van der Waals surface area contributed by atoms with Crippen molar-refractivity contribution >= 4 is 11.8 Å². The van der Waals surface area contributed by atoms with Gasteiger partial charge >= 0.3 is 0 Å². The third-order valence-corrected chi connectivity index (χ3v) is 6.15. The molecule has 6 nitrogen and oxygen atoms in total. The number of nitrogens with one attached hydrogen (secondary N) is 1. The second-order valence-corrected chi connectivity index (χ2v) is 8.00. The first kappa shape index (κ1) is 19.7. The molecule has 2 heterocycles. The first-order valence-corrected chi connectivity index (χ1v) is 10.6. The Kier molecular flexibility index (Phi) is 6.30. The summed E-state index contributed by atoms with van der Waals surface area (Å²) in [6.45, 7) is 3.22. The number of carbonyl (C=O) groups is 2. The van der Waals surface area contributed by atoms with Crippen LogP contribution >= 0.6 is 0 Å². The zero-order chi connectivity index (χ0) is 20.1. The van der Waals surface area contributed by atoms with Gasteiger partial charge in [-0.25, -0.2) is 0 Å². The molecule has 0 radical (unpaired) electrons. The smallest absolute Gasteiger partial charge is 0.289 e. The molecule has 2 fully saturated rings. The zero-order valence-electron chi connectivity index (χ0n) is 16.8. The Morgan fingerprint density at radius 2 is 1.72 bits per heavy atom. The van der Waals surface area contributed by atoms with Gasteiger partial charge in [0.25, 0.3) is 5.91 Å². The fraction of sp³-hybridized carbons (Fsp3) is 0.478. The van der Waals surface area contributed by atoms with Crippen LogP contribution in [0.5, 0.6) is 0 Å². The molecule has 1 saturated carbocycles. The Balaban J connectivity index is 1.38. The van der Waals surface area contributed by atoms with Gasteiger partial charge in [-0.3, -0.25) is 14.5 Å². The van der Waals surface area contributed by atoms with E-state index in [-0.39, 0.29) is 17.9 Å². The van der Waals surface area contributed by atoms with Crippen LogP contribution in [0.2, 0.25) is 0 Å². The maximum Gasteiger partial charge on any atom is 0.289 e. The number of carbonyl (C=O) groups excluding carboxylic acids is 2. The number of benzene rings is 1. The summed E-state index contributed by atoms with van der Waals surface area (Å²) in [5.74, 6) is 0.830. The molecule has 4 rings (SSSR count). The van der Waals surface area contributed by atoms with Crippen LogP contribution in [0, 0.1) is 5.92 Å². The molecule has 1 saturated heterocycles. The molecule has 6 heteroatoms. The number of amides is 2. The molecular weight excluding hydrogens is 366 g/mol. The summed E-state index contributed by atoms with van der Waals surface area (Å²) in [4.78, 5) is 29.8. The van der Waals surface area contributed by atoms with E-state index in [2.05, 4.69) is 10.2 Å². The van der Waals surface area contributed by atoms with E-state index < -0.39 is 0 Å². The van der Waals surface area contributed by atoms with Crippen molar-refractivity contribution in [1.29, 1.82) is 0 Å². The molecule has 1 aromatic heterocycles. The van der Waals surface area contributed by atoms with Gasteiger partial charge in [0.15, 0.2) is 5.76 Å². The summed E-state index contributed by atoms with van der Waals surface area (Å²) in [5.41, 5.74) is 1.11. The van der Waals surface area contributed by atoms with Crippen LogP contribution in [0.15, 0.2) is 53.1 Å². The quantitative estimate of drug-likeness (QED) is 0.817. The fourth-order valence-corrected chi connectivity index (χ4v) is 4.60. The summed E-state index contributed by atoms with van der Waals surface area (Å²) in [6, 6.07) is 13.4. The molecule has 1 aliphatic heterocycles. The van der Waals surface area contributed by atoms with Crippen LogP contribution in [0.4, 0.5) is 0 Å². The predicted molar refractivity (Wildman–Crippen MR) is 110 cm³/mol. The van der Waals surface area contributed by atoms with Gasteiger partial charge in [-0.1, -0.05) is 43.2 Å². The van der Waals surface area contributed by atoms with Crippen molar-refractivity contribution in [2.75, 3.05) is 26.2 Å². The van der Waals surface area contributed by atoms with Crippen LogP contribution in [-0.2, 0) is 11.3 Å². The number of hydrogen-bond donors (Lipinski definition) is 1. The molecule has 0 spiro atoms. The van der Waals surface area contributed by atoms with Gasteiger partial charge < -0.3 is 14.6 Å². The summed E-state index contributed by atoms with van der Waals surface area (Å²) in [6.07, 6.45) is 6.13. The van der Waals surface area contributed by atoms with Crippen LogP contribution in [-0.4, -0.2) is 53.8 Å². The Bertz CT molecular complexity index is 792. The SMILES string of the molecule is O=C(NCc1ccccc1)C(C1CCCC1)N1CCN(C(=O)c2ccco2)CC1. The highest BCUT2D eigenvalue weighted by Crippen LogP contribution is 2.31. The molecule has 1 aromatic carbocycles. The molecule has 1 atom stereocenters. The average molecular weight is 396 g/mol. The van der Waals surface area contributed by atoms with E-state index in [9.17, 15) is 9.59 Å². The normalized spacial score (nSPS) is 19.2. The van der Waals surface area contributed by atoms with Crippen molar-refractivity contribution in [2.24, 2.45) is 5.92 Å². The Morgan fingerprint density at radius 1 is 1.00 bits per heavy atom. The lowest BCUT2D eigenvalue weighted by atomic mass is 9.95. The van der Waals surface area contributed by atoms with Gasteiger partial charge in [0.2, 0.25) is 5.91 Å². The molecular formula is C23H29N3O3. The van der Waals surface area contributed by atoms with Crippen molar-refractivity contribution in [3.05, 3.63) is 60.1 Å². The van der Waals surface area contributed by atoms with Gasteiger partial charge in [0.1, 0.15) is 0 Å². The minimum atomic E-state index is -0.109.